The third kappa shape index (κ3) is 3.51. The molecule has 4 rings (SSSR count). The molecule has 4 unspecified atom stereocenters. The normalized spacial score (nSPS) is 21.0. The van der Waals surface area contributed by atoms with Gasteiger partial charge in [-0.1, -0.05) is 0 Å². The van der Waals surface area contributed by atoms with Crippen LogP contribution in [0.15, 0.2) is 97.1 Å². The first-order chi connectivity index (χ1) is 12.8. The van der Waals surface area contributed by atoms with E-state index in [1.165, 1.54) is 0 Å². The number of rotatable bonds is 4. The topological polar surface area (TPSA) is 0 Å². The molecule has 0 spiro atoms. The Bertz CT molecular complexity index is 812. The van der Waals surface area contributed by atoms with Crippen molar-refractivity contribution >= 4 is 38.0 Å². The summed E-state index contributed by atoms with van der Waals surface area (Å²) >= 11 is -2.32. The SMILES string of the molecule is C[As+](c1ccccc1)C1C=CC([As+](C)c2ccccc2)c2ccccc21. The van der Waals surface area contributed by atoms with Crippen LogP contribution in [-0.2, 0) is 0 Å². The Kier molecular flexibility index (Phi) is 5.54. The Labute approximate surface area is 166 Å². The Morgan fingerprint density at radius 1 is 0.500 bits per heavy atom. The average molecular weight is 462 g/mol. The van der Waals surface area contributed by atoms with Crippen LogP contribution in [0.4, 0.5) is 0 Å². The maximum atomic E-state index is 2.55. The van der Waals surface area contributed by atoms with E-state index in [9.17, 15) is 0 Å². The van der Waals surface area contributed by atoms with Gasteiger partial charge in [-0.05, 0) is 0 Å². The molecule has 0 aromatic heterocycles. The Balaban J connectivity index is 1.70. The fourth-order valence-electron chi connectivity index (χ4n) is 3.79. The first-order valence-corrected chi connectivity index (χ1v) is 16.9. The van der Waals surface area contributed by atoms with Gasteiger partial charge in [0.2, 0.25) is 0 Å². The van der Waals surface area contributed by atoms with Gasteiger partial charge in [-0.15, -0.1) is 0 Å². The fourth-order valence-corrected chi connectivity index (χ4v) is 12.1. The van der Waals surface area contributed by atoms with E-state index in [0.717, 1.165) is 0 Å². The summed E-state index contributed by atoms with van der Waals surface area (Å²) in [6.07, 6.45) is 5.10. The molecule has 0 amide bonds. The molecule has 0 aliphatic heterocycles. The van der Waals surface area contributed by atoms with Crippen LogP contribution in [0, 0.1) is 0 Å². The minimum absolute atomic E-state index is 0.607. The zero-order valence-corrected chi connectivity index (χ0v) is 19.0. The monoisotopic (exact) mass is 462 g/mol. The van der Waals surface area contributed by atoms with Gasteiger partial charge in [0.1, 0.15) is 0 Å². The molecule has 2 heteroatoms. The van der Waals surface area contributed by atoms with Gasteiger partial charge in [-0.2, -0.15) is 0 Å². The summed E-state index contributed by atoms with van der Waals surface area (Å²) in [5.74, 6) is 0. The summed E-state index contributed by atoms with van der Waals surface area (Å²) in [6, 6.07) is 31.5. The van der Waals surface area contributed by atoms with Gasteiger partial charge in [0, 0.05) is 0 Å². The molecule has 0 bridgehead atoms. The number of allylic oxidation sites excluding steroid dienone is 2. The minimum atomic E-state index is -1.16. The second-order valence-electron chi connectivity index (χ2n) is 6.80. The van der Waals surface area contributed by atoms with Crippen molar-refractivity contribution in [3.8, 4) is 0 Å². The molecule has 0 fully saturated rings. The van der Waals surface area contributed by atoms with Crippen LogP contribution in [0.5, 0.6) is 0 Å². The van der Waals surface area contributed by atoms with Gasteiger partial charge in [0.15, 0.2) is 0 Å². The van der Waals surface area contributed by atoms with E-state index in [4.69, 9.17) is 0 Å². The molecule has 0 saturated carbocycles. The third-order valence-electron chi connectivity index (χ3n) is 5.27. The molecule has 1 aliphatic carbocycles. The van der Waals surface area contributed by atoms with Gasteiger partial charge in [-0.3, -0.25) is 0 Å². The van der Waals surface area contributed by atoms with Crippen molar-refractivity contribution in [2.75, 3.05) is 0 Å². The fraction of sp³-hybridized carbons (Fsp3) is 0.167. The molecule has 2 radical (unpaired) electrons. The van der Waals surface area contributed by atoms with Gasteiger partial charge >= 0.3 is 167 Å². The summed E-state index contributed by atoms with van der Waals surface area (Å²) < 4.78 is 4.35. The first kappa shape index (κ1) is 17.9. The van der Waals surface area contributed by atoms with Crippen LogP contribution in [0.25, 0.3) is 0 Å². The number of benzene rings is 3. The van der Waals surface area contributed by atoms with Crippen molar-refractivity contribution in [2.45, 2.75) is 20.8 Å². The van der Waals surface area contributed by atoms with Crippen molar-refractivity contribution in [1.82, 2.24) is 0 Å². The van der Waals surface area contributed by atoms with Gasteiger partial charge < -0.3 is 0 Å². The number of hydrogen-bond acceptors (Lipinski definition) is 0. The van der Waals surface area contributed by atoms with E-state index < -0.39 is 29.3 Å². The zero-order chi connectivity index (χ0) is 17.9. The van der Waals surface area contributed by atoms with E-state index in [2.05, 4.69) is 109 Å². The van der Waals surface area contributed by atoms with E-state index in [0.29, 0.717) is 9.41 Å². The van der Waals surface area contributed by atoms with E-state index >= 15 is 0 Å². The molecule has 0 nitrogen and oxygen atoms in total. The summed E-state index contributed by atoms with van der Waals surface area (Å²) in [7, 11) is 0. The number of fused-ring (bicyclic) bond motifs is 1. The Morgan fingerprint density at radius 2 is 0.846 bits per heavy atom. The van der Waals surface area contributed by atoms with Crippen molar-refractivity contribution in [3.05, 3.63) is 108 Å². The molecular formula is C24H24As2+2. The molecule has 0 heterocycles. The molecule has 26 heavy (non-hydrogen) atoms. The summed E-state index contributed by atoms with van der Waals surface area (Å²) in [5.41, 5.74) is 8.19. The molecule has 3 aromatic carbocycles. The summed E-state index contributed by atoms with van der Waals surface area (Å²) in [5, 5.41) is 0. The second kappa shape index (κ2) is 8.04. The molecule has 0 N–H and O–H groups in total. The summed E-state index contributed by atoms with van der Waals surface area (Å²) in [4.78, 5) is 0. The van der Waals surface area contributed by atoms with Crippen molar-refractivity contribution in [3.63, 3.8) is 0 Å². The zero-order valence-electron chi connectivity index (χ0n) is 15.3. The molecular weight excluding hydrogens is 438 g/mol. The van der Waals surface area contributed by atoms with Gasteiger partial charge in [0.25, 0.3) is 0 Å². The van der Waals surface area contributed by atoms with Crippen LogP contribution >= 0.6 is 0 Å². The van der Waals surface area contributed by atoms with Gasteiger partial charge in [-0.25, -0.2) is 0 Å². The van der Waals surface area contributed by atoms with Crippen molar-refractivity contribution < 1.29 is 0 Å². The molecule has 4 atom stereocenters. The molecule has 0 saturated heterocycles. The Hall–Kier alpha value is -1.48. The molecule has 1 aliphatic rings. The van der Waals surface area contributed by atoms with Crippen LogP contribution < -0.4 is 8.70 Å². The second-order valence-corrected chi connectivity index (χ2v) is 16.4. The predicted octanol–water partition coefficient (Wildman–Crippen LogP) is 4.57. The first-order valence-electron chi connectivity index (χ1n) is 9.08. The van der Waals surface area contributed by atoms with Gasteiger partial charge in [0.05, 0.1) is 0 Å². The van der Waals surface area contributed by atoms with Crippen molar-refractivity contribution in [1.29, 1.82) is 0 Å². The van der Waals surface area contributed by atoms with E-state index in [1.807, 2.05) is 0 Å². The maximum absolute atomic E-state index is 2.55. The predicted molar refractivity (Wildman–Crippen MR) is 116 cm³/mol. The van der Waals surface area contributed by atoms with Crippen LogP contribution in [0.1, 0.15) is 20.5 Å². The summed E-state index contributed by atoms with van der Waals surface area (Å²) in [6.45, 7) is 0. The van der Waals surface area contributed by atoms with Crippen LogP contribution in [-0.4, -0.2) is 29.3 Å². The molecule has 128 valence electrons. The van der Waals surface area contributed by atoms with E-state index in [-0.39, 0.29) is 0 Å². The molecule has 3 aromatic rings. The standard InChI is InChI=1S/C24H24As2/c1-25(19-11-5-3-6-12-19)23-17-18-24(22-16-10-9-15-21(22)23)26(2)20-13-7-4-8-14-20/h3-18,23-24H,1-2H3/q+2. The Morgan fingerprint density at radius 3 is 1.23 bits per heavy atom. The number of hydrogen-bond donors (Lipinski definition) is 0. The third-order valence-corrected chi connectivity index (χ3v) is 15.3. The van der Waals surface area contributed by atoms with Crippen molar-refractivity contribution in [2.24, 2.45) is 0 Å². The van der Waals surface area contributed by atoms with E-state index in [1.54, 1.807) is 19.8 Å². The van der Waals surface area contributed by atoms with Crippen LogP contribution in [0.2, 0.25) is 11.4 Å². The van der Waals surface area contributed by atoms with Crippen LogP contribution in [0.3, 0.4) is 0 Å². The quantitative estimate of drug-likeness (QED) is 0.394. The average Bonchev–Trinajstić information content (AvgIpc) is 2.73.